The first-order valence-corrected chi connectivity index (χ1v) is 11.3. The van der Waals surface area contributed by atoms with Gasteiger partial charge in [0, 0.05) is 44.0 Å². The van der Waals surface area contributed by atoms with Gasteiger partial charge in [0.05, 0.1) is 15.5 Å². The molecule has 8 nitrogen and oxygen atoms in total. The standard InChI is InChI=1S/C25H22ClN5O3/c26-22-9-5-4-8-21(22)24-27-28-25(34-24)23(18-6-2-1-3-7-18)30-16-14-29(15-17-30)19-10-12-20(13-11-19)31(32)33/h1-13,23H,14-17H2/t23-/m0/s1. The summed E-state index contributed by atoms with van der Waals surface area (Å²) in [7, 11) is 0. The van der Waals surface area contributed by atoms with Crippen LogP contribution in [0.3, 0.4) is 0 Å². The third-order valence-electron chi connectivity index (χ3n) is 6.00. The molecule has 2 heterocycles. The first-order chi connectivity index (χ1) is 16.6. The second kappa shape index (κ2) is 9.62. The number of hydrogen-bond acceptors (Lipinski definition) is 7. The van der Waals surface area contributed by atoms with Crippen LogP contribution in [-0.2, 0) is 0 Å². The Kier molecular flexibility index (Phi) is 6.24. The number of aromatic nitrogens is 2. The quantitative estimate of drug-likeness (QED) is 0.279. The zero-order valence-corrected chi connectivity index (χ0v) is 19.0. The highest BCUT2D eigenvalue weighted by molar-refractivity contribution is 6.33. The summed E-state index contributed by atoms with van der Waals surface area (Å²) in [6.45, 7) is 3.07. The van der Waals surface area contributed by atoms with Crippen molar-refractivity contribution in [1.29, 1.82) is 0 Å². The van der Waals surface area contributed by atoms with Gasteiger partial charge in [0.15, 0.2) is 0 Å². The lowest BCUT2D eigenvalue weighted by atomic mass is 10.0. The number of nitro groups is 1. The largest absolute Gasteiger partial charge is 0.419 e. The maximum absolute atomic E-state index is 10.9. The smallest absolute Gasteiger partial charge is 0.269 e. The number of non-ortho nitro benzene ring substituents is 1. The molecule has 1 aliphatic heterocycles. The fraction of sp³-hybridized carbons (Fsp3) is 0.200. The second-order valence-corrected chi connectivity index (χ2v) is 8.44. The molecule has 0 saturated carbocycles. The van der Waals surface area contributed by atoms with Gasteiger partial charge >= 0.3 is 0 Å². The molecule has 34 heavy (non-hydrogen) atoms. The van der Waals surface area contributed by atoms with Crippen molar-refractivity contribution in [3.63, 3.8) is 0 Å². The minimum absolute atomic E-state index is 0.0947. The van der Waals surface area contributed by atoms with Crippen LogP contribution < -0.4 is 4.90 Å². The van der Waals surface area contributed by atoms with Gasteiger partial charge in [-0.05, 0) is 29.8 Å². The van der Waals surface area contributed by atoms with E-state index in [9.17, 15) is 10.1 Å². The van der Waals surface area contributed by atoms with E-state index in [2.05, 4.69) is 32.1 Å². The Bertz CT molecular complexity index is 1270. The summed E-state index contributed by atoms with van der Waals surface area (Å²) in [6.07, 6.45) is 0. The van der Waals surface area contributed by atoms with Crippen LogP contribution in [0.2, 0.25) is 5.02 Å². The van der Waals surface area contributed by atoms with Crippen LogP contribution in [-0.4, -0.2) is 46.2 Å². The molecule has 3 aromatic carbocycles. The molecule has 5 rings (SSSR count). The number of piperazine rings is 1. The van der Waals surface area contributed by atoms with E-state index in [-0.39, 0.29) is 16.7 Å². The predicted octanol–water partition coefficient (Wildman–Crippen LogP) is 5.21. The molecule has 0 aliphatic carbocycles. The summed E-state index contributed by atoms with van der Waals surface area (Å²) in [4.78, 5) is 15.1. The number of hydrogen-bond donors (Lipinski definition) is 0. The number of nitrogens with zero attached hydrogens (tertiary/aromatic N) is 5. The lowest BCUT2D eigenvalue weighted by Gasteiger charge is -2.39. The van der Waals surface area contributed by atoms with Crippen LogP contribution in [0.1, 0.15) is 17.5 Å². The van der Waals surface area contributed by atoms with E-state index in [0.717, 1.165) is 37.4 Å². The number of halogens is 1. The van der Waals surface area contributed by atoms with Crippen LogP contribution >= 0.6 is 11.6 Å². The van der Waals surface area contributed by atoms with Gasteiger partial charge in [-0.25, -0.2) is 0 Å². The summed E-state index contributed by atoms with van der Waals surface area (Å²) < 4.78 is 6.14. The summed E-state index contributed by atoms with van der Waals surface area (Å²) in [5, 5.41) is 20.2. The zero-order valence-electron chi connectivity index (χ0n) is 18.3. The summed E-state index contributed by atoms with van der Waals surface area (Å²) in [6, 6.07) is 24.0. The van der Waals surface area contributed by atoms with Crippen LogP contribution in [0.15, 0.2) is 83.3 Å². The molecule has 1 aromatic heterocycles. The Morgan fingerprint density at radius 1 is 0.882 bits per heavy atom. The van der Waals surface area contributed by atoms with E-state index in [1.54, 1.807) is 30.3 Å². The third-order valence-corrected chi connectivity index (χ3v) is 6.33. The summed E-state index contributed by atoms with van der Waals surface area (Å²) in [5.74, 6) is 0.913. The number of rotatable bonds is 6. The summed E-state index contributed by atoms with van der Waals surface area (Å²) in [5.41, 5.74) is 2.84. The molecule has 9 heteroatoms. The van der Waals surface area contributed by atoms with E-state index >= 15 is 0 Å². The molecule has 1 aliphatic rings. The fourth-order valence-electron chi connectivity index (χ4n) is 4.26. The first kappa shape index (κ1) is 22.1. The van der Waals surface area contributed by atoms with E-state index < -0.39 is 0 Å². The third kappa shape index (κ3) is 4.50. The average Bonchev–Trinajstić information content (AvgIpc) is 3.35. The first-order valence-electron chi connectivity index (χ1n) is 11.0. The van der Waals surface area contributed by atoms with Crippen LogP contribution in [0.25, 0.3) is 11.5 Å². The van der Waals surface area contributed by atoms with Crippen molar-refractivity contribution in [2.75, 3.05) is 31.1 Å². The minimum Gasteiger partial charge on any atom is -0.419 e. The van der Waals surface area contributed by atoms with Gasteiger partial charge in [-0.2, -0.15) is 0 Å². The molecule has 0 unspecified atom stereocenters. The molecule has 0 N–H and O–H groups in total. The Labute approximate surface area is 201 Å². The van der Waals surface area contributed by atoms with Gasteiger partial charge in [0.2, 0.25) is 11.8 Å². The molecule has 1 saturated heterocycles. The lowest BCUT2D eigenvalue weighted by Crippen LogP contribution is -2.48. The monoisotopic (exact) mass is 475 g/mol. The van der Waals surface area contributed by atoms with Crippen molar-refractivity contribution >= 4 is 23.0 Å². The van der Waals surface area contributed by atoms with E-state index in [1.165, 1.54) is 0 Å². The molecule has 0 spiro atoms. The van der Waals surface area contributed by atoms with E-state index in [0.29, 0.717) is 22.4 Å². The maximum Gasteiger partial charge on any atom is 0.269 e. The fourth-order valence-corrected chi connectivity index (χ4v) is 4.47. The Morgan fingerprint density at radius 3 is 2.24 bits per heavy atom. The van der Waals surface area contributed by atoms with Gasteiger partial charge in [-0.1, -0.05) is 54.1 Å². The number of benzene rings is 3. The van der Waals surface area contributed by atoms with Crippen molar-refractivity contribution in [1.82, 2.24) is 15.1 Å². The average molecular weight is 476 g/mol. The lowest BCUT2D eigenvalue weighted by molar-refractivity contribution is -0.384. The topological polar surface area (TPSA) is 88.5 Å². The van der Waals surface area contributed by atoms with Gasteiger partial charge in [-0.15, -0.1) is 10.2 Å². The molecular formula is C25H22ClN5O3. The highest BCUT2D eigenvalue weighted by Crippen LogP contribution is 2.33. The second-order valence-electron chi connectivity index (χ2n) is 8.04. The Balaban J connectivity index is 1.38. The van der Waals surface area contributed by atoms with Crippen molar-refractivity contribution in [2.45, 2.75) is 6.04 Å². The van der Waals surface area contributed by atoms with Gasteiger partial charge < -0.3 is 9.32 Å². The highest BCUT2D eigenvalue weighted by Gasteiger charge is 2.31. The van der Waals surface area contributed by atoms with E-state index in [4.69, 9.17) is 16.0 Å². The molecule has 1 atom stereocenters. The number of nitro benzene ring substituents is 1. The van der Waals surface area contributed by atoms with Crippen molar-refractivity contribution in [3.05, 3.63) is 105 Å². The van der Waals surface area contributed by atoms with E-state index in [1.807, 2.05) is 36.4 Å². The highest BCUT2D eigenvalue weighted by atomic mass is 35.5. The Hall–Kier alpha value is -3.75. The molecule has 4 aromatic rings. The van der Waals surface area contributed by atoms with Gasteiger partial charge in [0.1, 0.15) is 6.04 Å². The Morgan fingerprint density at radius 2 is 1.56 bits per heavy atom. The zero-order chi connectivity index (χ0) is 23.5. The van der Waals surface area contributed by atoms with Gasteiger partial charge in [0.25, 0.3) is 5.69 Å². The predicted molar refractivity (Wildman–Crippen MR) is 130 cm³/mol. The molecular weight excluding hydrogens is 454 g/mol. The molecule has 0 radical (unpaired) electrons. The molecule has 0 bridgehead atoms. The molecule has 0 amide bonds. The van der Waals surface area contributed by atoms with Crippen LogP contribution in [0.4, 0.5) is 11.4 Å². The van der Waals surface area contributed by atoms with Crippen molar-refractivity contribution in [2.24, 2.45) is 0 Å². The van der Waals surface area contributed by atoms with Crippen LogP contribution in [0, 0.1) is 10.1 Å². The van der Waals surface area contributed by atoms with Crippen molar-refractivity contribution < 1.29 is 9.34 Å². The minimum atomic E-state index is -0.381. The molecule has 1 fully saturated rings. The normalized spacial score (nSPS) is 15.3. The van der Waals surface area contributed by atoms with Crippen molar-refractivity contribution in [3.8, 4) is 11.5 Å². The van der Waals surface area contributed by atoms with Gasteiger partial charge in [-0.3, -0.25) is 15.0 Å². The summed E-state index contributed by atoms with van der Waals surface area (Å²) >= 11 is 6.33. The SMILES string of the molecule is O=[N+]([O-])c1ccc(N2CCN([C@@H](c3ccccc3)c3nnc(-c4ccccc4Cl)o3)CC2)cc1. The maximum atomic E-state index is 10.9. The van der Waals surface area contributed by atoms with Crippen LogP contribution in [0.5, 0.6) is 0 Å². The number of anilines is 1. The molecule has 172 valence electrons.